The summed E-state index contributed by atoms with van der Waals surface area (Å²) in [7, 11) is 0. The van der Waals surface area contributed by atoms with Gasteiger partial charge in [-0.05, 0) is 127 Å². The monoisotopic (exact) mass is 897 g/mol. The average molecular weight is 898 g/mol. The summed E-state index contributed by atoms with van der Waals surface area (Å²) in [4.78, 5) is 2.62. The Balaban J connectivity index is 1.28. The molecule has 340 valence electrons. The molecule has 11 aromatic rings. The van der Waals surface area contributed by atoms with Gasteiger partial charge in [0, 0.05) is 77.7 Å². The highest BCUT2D eigenvalue weighted by atomic mass is 16.3. The largest absolute Gasteiger partial charge is 0.456 e. The van der Waals surface area contributed by atoms with Crippen LogP contribution in [0.3, 0.4) is 0 Å². The quantitative estimate of drug-likeness (QED) is 0.162. The minimum Gasteiger partial charge on any atom is -0.456 e. The zero-order chi connectivity index (χ0) is 47.8. The number of para-hydroxylation sites is 3. The maximum absolute atomic E-state index is 7.09. The third-order valence-corrected chi connectivity index (χ3v) is 15.6. The van der Waals surface area contributed by atoms with Crippen molar-refractivity contribution in [2.75, 3.05) is 4.90 Å². The Kier molecular flexibility index (Phi) is 8.46. The van der Waals surface area contributed by atoms with Gasteiger partial charge in [-0.25, -0.2) is 0 Å². The standard InChI is InChI=1S/C64H60BN3O/c1-61(2,3)37-26-27-51-45(31-37)47-32-40(64(10,11)12)33-48-58-57-44-23-17-19-25-55(44)69-56(57)36-54-59(58)65(68(51)60(47)48)49-34-46-43-22-16-18-24-50(43)66(41-20-14-13-15-21-41)52(46)35-53(49)67(54)42-29-38(62(4,5)6)28-39(30-42)63(7,8)9/h13-36H,1-12H3. The number of hydrogen-bond donors (Lipinski definition) is 0. The van der Waals surface area contributed by atoms with E-state index in [-0.39, 0.29) is 28.5 Å². The highest BCUT2D eigenvalue weighted by Crippen LogP contribution is 2.52. The fraction of sp³-hybridized carbons (Fsp3) is 0.250. The van der Waals surface area contributed by atoms with Crippen molar-refractivity contribution in [2.45, 2.75) is 105 Å². The van der Waals surface area contributed by atoms with Crippen LogP contribution in [0.2, 0.25) is 0 Å². The predicted molar refractivity (Wildman–Crippen MR) is 296 cm³/mol. The summed E-state index contributed by atoms with van der Waals surface area (Å²) >= 11 is 0. The predicted octanol–water partition coefficient (Wildman–Crippen LogP) is 16.4. The Labute approximate surface area is 406 Å². The van der Waals surface area contributed by atoms with Crippen molar-refractivity contribution in [1.82, 2.24) is 9.05 Å². The molecule has 0 saturated carbocycles. The van der Waals surface area contributed by atoms with Crippen molar-refractivity contribution in [1.29, 1.82) is 0 Å². The van der Waals surface area contributed by atoms with Gasteiger partial charge in [-0.3, -0.25) is 0 Å². The van der Waals surface area contributed by atoms with Crippen LogP contribution >= 0.6 is 0 Å². The molecule has 8 aromatic carbocycles. The van der Waals surface area contributed by atoms with E-state index in [1.54, 1.807) is 0 Å². The molecule has 0 bridgehead atoms. The minimum absolute atomic E-state index is 0.0186. The molecule has 5 heteroatoms. The number of benzene rings is 8. The third-order valence-electron chi connectivity index (χ3n) is 15.6. The van der Waals surface area contributed by atoms with E-state index in [0.717, 1.165) is 33.6 Å². The molecule has 0 N–H and O–H groups in total. The zero-order valence-corrected chi connectivity index (χ0v) is 42.2. The normalized spacial score (nSPS) is 14.0. The molecule has 0 radical (unpaired) electrons. The third kappa shape index (κ3) is 6.01. The number of aromatic nitrogens is 2. The van der Waals surface area contributed by atoms with Crippen molar-refractivity contribution in [3.63, 3.8) is 0 Å². The number of fused-ring (bicyclic) bond motifs is 14. The number of rotatable bonds is 2. The number of nitrogens with zero attached hydrogens (tertiary/aromatic N) is 3. The fourth-order valence-corrected chi connectivity index (χ4v) is 11.9. The maximum atomic E-state index is 7.09. The second-order valence-corrected chi connectivity index (χ2v) is 24.3. The molecule has 13 rings (SSSR count). The van der Waals surface area contributed by atoms with Crippen LogP contribution in [0, 0.1) is 0 Å². The number of anilines is 3. The molecule has 5 heterocycles. The molecule has 0 amide bonds. The molecule has 0 fully saturated rings. The summed E-state index contributed by atoms with van der Waals surface area (Å²) in [6.07, 6.45) is 0. The summed E-state index contributed by atoms with van der Waals surface area (Å²) in [6, 6.07) is 55.8. The lowest BCUT2D eigenvalue weighted by molar-refractivity contribution is 0.568. The van der Waals surface area contributed by atoms with E-state index in [2.05, 4.69) is 243 Å². The topological polar surface area (TPSA) is 26.2 Å². The van der Waals surface area contributed by atoms with Crippen LogP contribution in [0.4, 0.5) is 17.1 Å². The summed E-state index contributed by atoms with van der Waals surface area (Å²) in [6.45, 7) is 28.0. The van der Waals surface area contributed by atoms with E-state index < -0.39 is 0 Å². The first-order chi connectivity index (χ1) is 32.8. The van der Waals surface area contributed by atoms with Gasteiger partial charge in [0.25, 0.3) is 0 Å². The summed E-state index contributed by atoms with van der Waals surface area (Å²) in [5.74, 6) is 0. The van der Waals surface area contributed by atoms with Gasteiger partial charge in [-0.2, -0.15) is 0 Å². The minimum atomic E-state index is -0.149. The van der Waals surface area contributed by atoms with Crippen LogP contribution in [-0.4, -0.2) is 15.9 Å². The lowest BCUT2D eigenvalue weighted by Gasteiger charge is -2.41. The van der Waals surface area contributed by atoms with Crippen LogP contribution in [0.15, 0.2) is 150 Å². The first-order valence-electron chi connectivity index (χ1n) is 25.0. The molecule has 2 aliphatic heterocycles. The van der Waals surface area contributed by atoms with Crippen LogP contribution in [0.25, 0.3) is 82.4 Å². The van der Waals surface area contributed by atoms with Crippen LogP contribution in [-0.2, 0) is 21.7 Å². The Morgan fingerprint density at radius 3 is 1.72 bits per heavy atom. The van der Waals surface area contributed by atoms with E-state index in [0.29, 0.717) is 0 Å². The molecule has 0 saturated heterocycles. The van der Waals surface area contributed by atoms with Gasteiger partial charge < -0.3 is 18.4 Å². The van der Waals surface area contributed by atoms with E-state index in [4.69, 9.17) is 4.42 Å². The highest BCUT2D eigenvalue weighted by molar-refractivity contribution is 6.90. The van der Waals surface area contributed by atoms with E-state index in [1.165, 1.54) is 99.0 Å². The second kappa shape index (κ2) is 13.8. The zero-order valence-electron chi connectivity index (χ0n) is 42.2. The maximum Gasteiger partial charge on any atom is 0.333 e. The van der Waals surface area contributed by atoms with Crippen LogP contribution in [0.5, 0.6) is 0 Å². The molecule has 0 atom stereocenters. The number of hydrogen-bond acceptors (Lipinski definition) is 2. The lowest BCUT2D eigenvalue weighted by atomic mass is 9.44. The van der Waals surface area contributed by atoms with Gasteiger partial charge in [0.05, 0.1) is 11.0 Å². The van der Waals surface area contributed by atoms with Gasteiger partial charge in [-0.1, -0.05) is 156 Å². The van der Waals surface area contributed by atoms with E-state index in [9.17, 15) is 0 Å². The molecule has 2 aliphatic rings. The van der Waals surface area contributed by atoms with Crippen molar-refractivity contribution in [3.05, 3.63) is 168 Å². The second-order valence-electron chi connectivity index (χ2n) is 24.3. The van der Waals surface area contributed by atoms with E-state index >= 15 is 0 Å². The lowest BCUT2D eigenvalue weighted by Crippen LogP contribution is -2.56. The first-order valence-corrected chi connectivity index (χ1v) is 25.0. The highest BCUT2D eigenvalue weighted by Gasteiger charge is 2.45. The van der Waals surface area contributed by atoms with Crippen LogP contribution in [0.1, 0.15) is 105 Å². The van der Waals surface area contributed by atoms with Crippen molar-refractivity contribution >= 4 is 100 Å². The summed E-state index contributed by atoms with van der Waals surface area (Å²) in [5.41, 5.74) is 21.6. The van der Waals surface area contributed by atoms with Gasteiger partial charge >= 0.3 is 6.85 Å². The van der Waals surface area contributed by atoms with E-state index in [1.807, 2.05) is 0 Å². The molecular formula is C64H60BN3O. The average Bonchev–Trinajstić information content (AvgIpc) is 3.95. The molecule has 69 heavy (non-hydrogen) atoms. The smallest absolute Gasteiger partial charge is 0.333 e. The van der Waals surface area contributed by atoms with Crippen LogP contribution < -0.4 is 15.8 Å². The van der Waals surface area contributed by atoms with Crippen molar-refractivity contribution in [3.8, 4) is 16.8 Å². The molecule has 3 aromatic heterocycles. The summed E-state index contributed by atoms with van der Waals surface area (Å²) in [5, 5.41) is 7.48. The Hall–Kier alpha value is -6.98. The fourth-order valence-electron chi connectivity index (χ4n) is 11.9. The Bertz CT molecular complexity index is 3970. The molecule has 0 unspecified atom stereocenters. The Morgan fingerprint density at radius 2 is 1.03 bits per heavy atom. The number of furan rings is 1. The van der Waals surface area contributed by atoms with Crippen molar-refractivity contribution < 1.29 is 4.42 Å². The van der Waals surface area contributed by atoms with Gasteiger partial charge in [-0.15, -0.1) is 0 Å². The molecule has 4 nitrogen and oxygen atoms in total. The first kappa shape index (κ1) is 42.2. The molecule has 0 spiro atoms. The SMILES string of the molecule is CC(C)(C)c1cc(N2c3cc4c(cc3B3c5c2cc2oc6ccccc6c2c5-c2cc(C(C)(C)C)cc5c6cc(C(C)(C)C)ccc6n3c25)c2ccccc2n4-c2ccccc2)cc(C(C)(C)C)c1. The summed E-state index contributed by atoms with van der Waals surface area (Å²) < 4.78 is 12.3. The van der Waals surface area contributed by atoms with Gasteiger partial charge in [0.2, 0.25) is 0 Å². The molecule has 0 aliphatic carbocycles. The van der Waals surface area contributed by atoms with Gasteiger partial charge in [0.1, 0.15) is 11.2 Å². The van der Waals surface area contributed by atoms with Gasteiger partial charge in [0.15, 0.2) is 0 Å². The molecular weight excluding hydrogens is 838 g/mol. The van der Waals surface area contributed by atoms with Crippen molar-refractivity contribution in [2.24, 2.45) is 0 Å². The Morgan fingerprint density at radius 1 is 0.420 bits per heavy atom.